The molecule has 0 saturated heterocycles. The van der Waals surface area contributed by atoms with Crippen LogP contribution in [0.5, 0.6) is 0 Å². The molecule has 3 nitrogen and oxygen atoms in total. The minimum atomic E-state index is -0.508. The van der Waals surface area contributed by atoms with Crippen molar-refractivity contribution >= 4 is 21.8 Å². The quantitative estimate of drug-likeness (QED) is 0.795. The predicted octanol–water partition coefficient (Wildman–Crippen LogP) is 1.55. The van der Waals surface area contributed by atoms with Gasteiger partial charge in [0.15, 0.2) is 0 Å². The summed E-state index contributed by atoms with van der Waals surface area (Å²) in [5.74, 6) is -0.508. The Morgan fingerprint density at radius 1 is 1.62 bits per heavy atom. The van der Waals surface area contributed by atoms with Crippen molar-refractivity contribution in [1.29, 1.82) is 5.26 Å². The van der Waals surface area contributed by atoms with Gasteiger partial charge in [0.05, 0.1) is 11.6 Å². The maximum absolute atomic E-state index is 10.9. The lowest BCUT2D eigenvalue weighted by Gasteiger charge is -2.04. The van der Waals surface area contributed by atoms with Gasteiger partial charge in [-0.15, -0.1) is 0 Å². The average Bonchev–Trinajstić information content (AvgIpc) is 2.16. The lowest BCUT2D eigenvalue weighted by Crippen LogP contribution is -2.13. The molecule has 0 unspecified atom stereocenters. The number of rotatable bonds is 2. The van der Waals surface area contributed by atoms with Crippen LogP contribution in [-0.2, 0) is 5.33 Å². The molecular weight excluding hydrogens is 232 g/mol. The van der Waals surface area contributed by atoms with E-state index in [2.05, 4.69) is 15.9 Å². The van der Waals surface area contributed by atoms with Crippen LogP contribution in [0.2, 0.25) is 0 Å². The molecule has 66 valence electrons. The molecule has 0 spiro atoms. The molecule has 0 bridgehead atoms. The van der Waals surface area contributed by atoms with E-state index in [1.807, 2.05) is 6.07 Å². The van der Waals surface area contributed by atoms with Crippen LogP contribution in [0.25, 0.3) is 0 Å². The standard InChI is InChI=1S/C9H7BrN2O/c10-4-8-6(5-11)2-1-3-7(8)9(12)13/h1-3H,4H2,(H2,12,13). The Hall–Kier alpha value is -1.34. The molecule has 0 aliphatic rings. The molecule has 0 fully saturated rings. The van der Waals surface area contributed by atoms with Crippen molar-refractivity contribution in [2.24, 2.45) is 5.73 Å². The van der Waals surface area contributed by atoms with Crippen LogP contribution in [0.15, 0.2) is 18.2 Å². The van der Waals surface area contributed by atoms with E-state index in [9.17, 15) is 4.79 Å². The van der Waals surface area contributed by atoms with Crippen molar-refractivity contribution in [3.8, 4) is 6.07 Å². The van der Waals surface area contributed by atoms with Crippen LogP contribution >= 0.6 is 15.9 Å². The highest BCUT2D eigenvalue weighted by atomic mass is 79.9. The molecule has 0 aromatic heterocycles. The Morgan fingerprint density at radius 2 is 2.31 bits per heavy atom. The fourth-order valence-corrected chi connectivity index (χ4v) is 1.67. The zero-order chi connectivity index (χ0) is 9.84. The largest absolute Gasteiger partial charge is 0.366 e. The third-order valence-electron chi connectivity index (χ3n) is 1.70. The van der Waals surface area contributed by atoms with Crippen LogP contribution in [0.3, 0.4) is 0 Å². The summed E-state index contributed by atoms with van der Waals surface area (Å²) in [6.45, 7) is 0. The fraction of sp³-hybridized carbons (Fsp3) is 0.111. The molecule has 0 aliphatic heterocycles. The SMILES string of the molecule is N#Cc1cccc(C(N)=O)c1CBr. The van der Waals surface area contributed by atoms with Gasteiger partial charge in [0.1, 0.15) is 0 Å². The Labute approximate surface area is 84.3 Å². The third-order valence-corrected chi connectivity index (χ3v) is 2.26. The Morgan fingerprint density at radius 3 is 2.77 bits per heavy atom. The van der Waals surface area contributed by atoms with Crippen molar-refractivity contribution in [1.82, 2.24) is 0 Å². The van der Waals surface area contributed by atoms with E-state index >= 15 is 0 Å². The van der Waals surface area contributed by atoms with Gasteiger partial charge < -0.3 is 5.73 Å². The topological polar surface area (TPSA) is 66.9 Å². The monoisotopic (exact) mass is 238 g/mol. The van der Waals surface area contributed by atoms with E-state index in [-0.39, 0.29) is 0 Å². The van der Waals surface area contributed by atoms with Gasteiger partial charge in [0.2, 0.25) is 5.91 Å². The number of nitriles is 1. The summed E-state index contributed by atoms with van der Waals surface area (Å²) in [6, 6.07) is 6.91. The normalized spacial score (nSPS) is 9.23. The number of hydrogen-bond acceptors (Lipinski definition) is 2. The van der Waals surface area contributed by atoms with E-state index in [1.54, 1.807) is 18.2 Å². The van der Waals surface area contributed by atoms with Crippen LogP contribution in [0.4, 0.5) is 0 Å². The molecule has 0 radical (unpaired) electrons. The highest BCUT2D eigenvalue weighted by Crippen LogP contribution is 2.16. The van der Waals surface area contributed by atoms with Crippen LogP contribution in [0.1, 0.15) is 21.5 Å². The maximum atomic E-state index is 10.9. The van der Waals surface area contributed by atoms with Gasteiger partial charge in [-0.25, -0.2) is 0 Å². The van der Waals surface area contributed by atoms with Gasteiger partial charge >= 0.3 is 0 Å². The van der Waals surface area contributed by atoms with Crippen molar-refractivity contribution in [2.75, 3.05) is 0 Å². The smallest absolute Gasteiger partial charge is 0.249 e. The highest BCUT2D eigenvalue weighted by Gasteiger charge is 2.10. The number of benzene rings is 1. The van der Waals surface area contributed by atoms with Crippen molar-refractivity contribution in [3.05, 3.63) is 34.9 Å². The van der Waals surface area contributed by atoms with Crippen molar-refractivity contribution < 1.29 is 4.79 Å². The van der Waals surface area contributed by atoms with E-state index < -0.39 is 5.91 Å². The predicted molar refractivity (Wildman–Crippen MR) is 52.3 cm³/mol. The first-order valence-electron chi connectivity index (χ1n) is 3.58. The molecule has 2 N–H and O–H groups in total. The average molecular weight is 239 g/mol. The summed E-state index contributed by atoms with van der Waals surface area (Å²) in [6.07, 6.45) is 0. The fourth-order valence-electron chi connectivity index (χ4n) is 1.07. The molecule has 1 amide bonds. The zero-order valence-corrected chi connectivity index (χ0v) is 8.34. The van der Waals surface area contributed by atoms with Gasteiger partial charge in [-0.2, -0.15) is 5.26 Å². The Balaban J connectivity index is 3.38. The molecule has 1 aromatic carbocycles. The second-order valence-electron chi connectivity index (χ2n) is 2.44. The van der Waals surface area contributed by atoms with E-state index in [0.29, 0.717) is 22.0 Å². The molecule has 4 heteroatoms. The first-order valence-corrected chi connectivity index (χ1v) is 4.70. The number of carbonyl (C=O) groups excluding carboxylic acids is 1. The van der Waals surface area contributed by atoms with Crippen molar-refractivity contribution in [3.63, 3.8) is 0 Å². The van der Waals surface area contributed by atoms with E-state index in [1.165, 1.54) is 0 Å². The number of carbonyl (C=O) groups is 1. The van der Waals surface area contributed by atoms with Crippen LogP contribution in [0, 0.1) is 11.3 Å². The van der Waals surface area contributed by atoms with E-state index in [4.69, 9.17) is 11.0 Å². The number of halogens is 1. The second-order valence-corrected chi connectivity index (χ2v) is 3.00. The molecule has 0 atom stereocenters. The van der Waals surface area contributed by atoms with E-state index in [0.717, 1.165) is 0 Å². The Kier molecular flexibility index (Phi) is 3.04. The molecule has 0 heterocycles. The molecule has 13 heavy (non-hydrogen) atoms. The number of hydrogen-bond donors (Lipinski definition) is 1. The minimum Gasteiger partial charge on any atom is -0.366 e. The summed E-state index contributed by atoms with van der Waals surface area (Å²) in [4.78, 5) is 10.9. The summed E-state index contributed by atoms with van der Waals surface area (Å²) in [5.41, 5.74) is 6.67. The first kappa shape index (κ1) is 9.75. The van der Waals surface area contributed by atoms with Crippen LogP contribution < -0.4 is 5.73 Å². The Bertz CT molecular complexity index is 382. The third kappa shape index (κ3) is 1.87. The van der Waals surface area contributed by atoms with Gasteiger partial charge in [0, 0.05) is 10.9 Å². The second kappa shape index (κ2) is 4.06. The summed E-state index contributed by atoms with van der Waals surface area (Å²) < 4.78 is 0. The molecular formula is C9H7BrN2O. The number of alkyl halides is 1. The van der Waals surface area contributed by atoms with Gasteiger partial charge in [-0.3, -0.25) is 4.79 Å². The minimum absolute atomic E-state index is 0.399. The molecule has 0 saturated carbocycles. The van der Waals surface area contributed by atoms with Crippen LogP contribution in [-0.4, -0.2) is 5.91 Å². The summed E-state index contributed by atoms with van der Waals surface area (Å²) in [7, 11) is 0. The van der Waals surface area contributed by atoms with Gasteiger partial charge in [-0.05, 0) is 17.7 Å². The number of amides is 1. The lowest BCUT2D eigenvalue weighted by molar-refractivity contribution is 0.0999. The highest BCUT2D eigenvalue weighted by molar-refractivity contribution is 9.08. The molecule has 1 rings (SSSR count). The lowest BCUT2D eigenvalue weighted by atomic mass is 10.0. The number of nitrogens with two attached hydrogens (primary N) is 1. The maximum Gasteiger partial charge on any atom is 0.249 e. The van der Waals surface area contributed by atoms with Crippen molar-refractivity contribution in [2.45, 2.75) is 5.33 Å². The van der Waals surface area contributed by atoms with Gasteiger partial charge in [0.25, 0.3) is 0 Å². The number of nitrogens with zero attached hydrogens (tertiary/aromatic N) is 1. The zero-order valence-electron chi connectivity index (χ0n) is 6.75. The molecule has 1 aromatic rings. The molecule has 0 aliphatic carbocycles. The summed E-state index contributed by atoms with van der Waals surface area (Å²) >= 11 is 3.21. The van der Waals surface area contributed by atoms with Gasteiger partial charge in [-0.1, -0.05) is 22.0 Å². The number of primary amides is 1. The summed E-state index contributed by atoms with van der Waals surface area (Å²) in [5, 5.41) is 9.19. The first-order chi connectivity index (χ1) is 6.20.